The van der Waals surface area contributed by atoms with Crippen molar-refractivity contribution in [1.82, 2.24) is 14.9 Å². The Morgan fingerprint density at radius 1 is 1.11 bits per heavy atom. The number of nitrogens with one attached hydrogen (secondary N) is 2. The van der Waals surface area contributed by atoms with Crippen LogP contribution in [0.2, 0.25) is 0 Å². The summed E-state index contributed by atoms with van der Waals surface area (Å²) in [6, 6.07) is 10.4. The number of nitrogens with zero attached hydrogens (tertiary/aromatic N) is 2. The molecule has 2 amide bonds. The average Bonchev–Trinajstić information content (AvgIpc) is 3.46. The van der Waals surface area contributed by atoms with Gasteiger partial charge in [-0.05, 0) is 92.0 Å². The number of imidazole rings is 1. The van der Waals surface area contributed by atoms with Crippen molar-refractivity contribution >= 4 is 11.7 Å². The monoisotopic (exact) mass is 504 g/mol. The Balaban J connectivity index is 1.08. The van der Waals surface area contributed by atoms with E-state index in [1.807, 2.05) is 10.6 Å². The van der Waals surface area contributed by atoms with Crippen molar-refractivity contribution in [2.75, 3.05) is 5.32 Å². The summed E-state index contributed by atoms with van der Waals surface area (Å²) in [5, 5.41) is 17.8. The van der Waals surface area contributed by atoms with Gasteiger partial charge >= 0.3 is 6.03 Å². The van der Waals surface area contributed by atoms with Gasteiger partial charge in [-0.3, -0.25) is 0 Å². The molecule has 4 saturated carbocycles. The van der Waals surface area contributed by atoms with Gasteiger partial charge in [-0.2, -0.15) is 0 Å². The van der Waals surface area contributed by atoms with Crippen LogP contribution in [0.4, 0.5) is 19.3 Å². The molecule has 4 atom stereocenters. The molecule has 37 heavy (non-hydrogen) atoms. The van der Waals surface area contributed by atoms with Crippen LogP contribution in [0, 0.1) is 34.8 Å². The summed E-state index contributed by atoms with van der Waals surface area (Å²) in [5.41, 5.74) is 2.75. The van der Waals surface area contributed by atoms with Crippen molar-refractivity contribution in [2.45, 2.75) is 56.7 Å². The van der Waals surface area contributed by atoms with Crippen molar-refractivity contribution in [3.05, 3.63) is 72.2 Å². The van der Waals surface area contributed by atoms with E-state index in [0.717, 1.165) is 43.4 Å². The van der Waals surface area contributed by atoms with Gasteiger partial charge in [0.05, 0.1) is 30.4 Å². The number of hydrogen-bond acceptors (Lipinski definition) is 3. The molecule has 8 rings (SSSR count). The van der Waals surface area contributed by atoms with Gasteiger partial charge in [-0.15, -0.1) is 0 Å². The molecule has 4 aliphatic carbocycles. The predicted octanol–water partition coefficient (Wildman–Crippen LogP) is 5.50. The van der Waals surface area contributed by atoms with Gasteiger partial charge in [-0.25, -0.2) is 18.6 Å². The van der Waals surface area contributed by atoms with Gasteiger partial charge in [0.2, 0.25) is 0 Å². The van der Waals surface area contributed by atoms with Crippen LogP contribution in [0.5, 0.6) is 0 Å². The lowest BCUT2D eigenvalue weighted by molar-refractivity contribution is -0.135. The predicted molar refractivity (Wildman–Crippen MR) is 135 cm³/mol. The van der Waals surface area contributed by atoms with E-state index in [-0.39, 0.29) is 35.2 Å². The van der Waals surface area contributed by atoms with Crippen LogP contribution in [-0.4, -0.2) is 32.8 Å². The van der Waals surface area contributed by atoms with Gasteiger partial charge in [0, 0.05) is 22.9 Å². The molecule has 0 radical (unpaired) electrons. The minimum atomic E-state index is -0.569. The first-order valence-electron chi connectivity index (χ1n) is 13.2. The summed E-state index contributed by atoms with van der Waals surface area (Å²) < 4.78 is 30.2. The number of urea groups is 1. The smallest absolute Gasteiger partial charge is 0.319 e. The van der Waals surface area contributed by atoms with Crippen molar-refractivity contribution in [2.24, 2.45) is 23.2 Å². The molecule has 2 heterocycles. The lowest BCUT2D eigenvalue weighted by Crippen LogP contribution is -2.62. The first-order valence-corrected chi connectivity index (χ1v) is 13.2. The summed E-state index contributed by atoms with van der Waals surface area (Å²) >= 11 is 0. The van der Waals surface area contributed by atoms with Crippen molar-refractivity contribution in [3.63, 3.8) is 0 Å². The van der Waals surface area contributed by atoms with E-state index in [1.54, 1.807) is 30.7 Å². The van der Waals surface area contributed by atoms with Crippen LogP contribution in [0.1, 0.15) is 50.1 Å². The minimum absolute atomic E-state index is 0.0576. The summed E-state index contributed by atoms with van der Waals surface area (Å²) in [6.07, 6.45) is 8.20. The SMILES string of the molecule is O=C(Nc1ccc(F)cc1)NC1C2CC3CC1CC(C(O)CC1c4c(F)cccc4-c4cncn41)(C3)C2. The Hall–Kier alpha value is -3.26. The number of carbonyl (C=O) groups excluding carboxylic acids is 1. The molecule has 5 aliphatic rings. The van der Waals surface area contributed by atoms with E-state index >= 15 is 0 Å². The molecule has 3 N–H and O–H groups in total. The van der Waals surface area contributed by atoms with Crippen LogP contribution in [0.3, 0.4) is 0 Å². The fourth-order valence-corrected chi connectivity index (χ4v) is 8.28. The molecule has 0 spiro atoms. The number of aliphatic hydroxyl groups is 1. The van der Waals surface area contributed by atoms with Gasteiger partial charge in [0.1, 0.15) is 11.6 Å². The highest BCUT2D eigenvalue weighted by molar-refractivity contribution is 5.89. The lowest BCUT2D eigenvalue weighted by Gasteiger charge is -2.61. The molecule has 1 aromatic heterocycles. The van der Waals surface area contributed by atoms with Gasteiger partial charge < -0.3 is 20.3 Å². The number of anilines is 1. The maximum atomic E-state index is 15.0. The molecular formula is C29H30F2N4O2. The second-order valence-corrected chi connectivity index (χ2v) is 11.6. The Labute approximate surface area is 214 Å². The van der Waals surface area contributed by atoms with E-state index in [0.29, 0.717) is 35.4 Å². The largest absolute Gasteiger partial charge is 0.392 e. The number of hydrogen-bond donors (Lipinski definition) is 3. The molecule has 3 aromatic rings. The molecule has 6 nitrogen and oxygen atoms in total. The van der Waals surface area contributed by atoms with Crippen LogP contribution in [-0.2, 0) is 0 Å². The normalized spacial score (nSPS) is 31.6. The number of benzene rings is 2. The first-order chi connectivity index (χ1) is 17.9. The molecule has 192 valence electrons. The summed E-state index contributed by atoms with van der Waals surface area (Å²) in [4.78, 5) is 17.1. The maximum absolute atomic E-state index is 15.0. The van der Waals surface area contributed by atoms with Crippen molar-refractivity contribution < 1.29 is 18.7 Å². The van der Waals surface area contributed by atoms with E-state index in [1.165, 1.54) is 18.2 Å². The summed E-state index contributed by atoms with van der Waals surface area (Å²) in [7, 11) is 0. The zero-order chi connectivity index (χ0) is 25.3. The number of halogens is 2. The highest BCUT2D eigenvalue weighted by Crippen LogP contribution is 2.62. The van der Waals surface area contributed by atoms with Crippen LogP contribution in [0.15, 0.2) is 55.0 Å². The van der Waals surface area contributed by atoms with Crippen molar-refractivity contribution in [3.8, 4) is 11.3 Å². The Kier molecular flexibility index (Phi) is 5.19. The Morgan fingerprint density at radius 3 is 2.62 bits per heavy atom. The first kappa shape index (κ1) is 22.9. The van der Waals surface area contributed by atoms with Crippen LogP contribution < -0.4 is 10.6 Å². The Bertz CT molecular complexity index is 1340. The third kappa shape index (κ3) is 3.68. The van der Waals surface area contributed by atoms with Crippen molar-refractivity contribution in [1.29, 1.82) is 0 Å². The number of aromatic nitrogens is 2. The maximum Gasteiger partial charge on any atom is 0.319 e. The molecule has 2 aromatic carbocycles. The number of aliphatic hydroxyl groups excluding tert-OH is 1. The number of amides is 2. The molecule has 4 bridgehead atoms. The summed E-state index contributed by atoms with van der Waals surface area (Å²) in [6.45, 7) is 0. The number of fused-ring (bicyclic) bond motifs is 3. The van der Waals surface area contributed by atoms with Crippen LogP contribution in [0.25, 0.3) is 11.3 Å². The van der Waals surface area contributed by atoms with E-state index in [9.17, 15) is 18.7 Å². The topological polar surface area (TPSA) is 79.2 Å². The third-order valence-corrected chi connectivity index (χ3v) is 9.54. The average molecular weight is 505 g/mol. The standard InChI is InChI=1S/C29H30F2N4O2/c30-19-4-6-20(7-5-19)33-28(37)34-27-17-8-16-9-18(27)13-29(11-16,12-17)25(36)10-23-26-21(2-1-3-22(26)31)24-14-32-15-35(23)24/h1-7,14-18,23,25,27,36H,8-13H2,(H2,33,34,37). The zero-order valence-corrected chi connectivity index (χ0v) is 20.4. The van der Waals surface area contributed by atoms with Gasteiger partial charge in [0.15, 0.2) is 0 Å². The zero-order valence-electron chi connectivity index (χ0n) is 20.4. The molecule has 8 heteroatoms. The molecular weight excluding hydrogens is 474 g/mol. The highest BCUT2D eigenvalue weighted by atomic mass is 19.1. The second-order valence-electron chi connectivity index (χ2n) is 11.6. The van der Waals surface area contributed by atoms with E-state index in [2.05, 4.69) is 15.6 Å². The number of carbonyl (C=O) groups is 1. The fourth-order valence-electron chi connectivity index (χ4n) is 8.28. The van der Waals surface area contributed by atoms with Gasteiger partial charge in [0.25, 0.3) is 0 Å². The molecule has 1 aliphatic heterocycles. The van der Waals surface area contributed by atoms with E-state index in [4.69, 9.17) is 0 Å². The second kappa shape index (κ2) is 8.38. The number of rotatable bonds is 5. The van der Waals surface area contributed by atoms with Gasteiger partial charge in [-0.1, -0.05) is 12.1 Å². The quantitative estimate of drug-likeness (QED) is 0.429. The minimum Gasteiger partial charge on any atom is -0.392 e. The lowest BCUT2D eigenvalue weighted by atomic mass is 9.46. The van der Waals surface area contributed by atoms with Crippen LogP contribution >= 0.6 is 0 Å². The molecule has 4 fully saturated rings. The highest BCUT2D eigenvalue weighted by Gasteiger charge is 2.58. The third-order valence-electron chi connectivity index (χ3n) is 9.54. The molecule has 0 saturated heterocycles. The fraction of sp³-hybridized carbons (Fsp3) is 0.448. The van der Waals surface area contributed by atoms with E-state index < -0.39 is 6.10 Å². The Morgan fingerprint density at radius 2 is 1.86 bits per heavy atom. The molecule has 4 unspecified atom stereocenters. The summed E-state index contributed by atoms with van der Waals surface area (Å²) in [5.74, 6) is 0.568.